The molecule has 0 bridgehead atoms. The Morgan fingerprint density at radius 1 is 1.00 bits per heavy atom. The van der Waals surface area contributed by atoms with Gasteiger partial charge >= 0.3 is 0 Å². The number of fused-ring (bicyclic) bond motifs is 1. The highest BCUT2D eigenvalue weighted by Gasteiger charge is 2.15. The van der Waals surface area contributed by atoms with Crippen molar-refractivity contribution in [2.24, 2.45) is 0 Å². The van der Waals surface area contributed by atoms with Gasteiger partial charge in [0.25, 0.3) is 0 Å². The summed E-state index contributed by atoms with van der Waals surface area (Å²) in [5.74, 6) is 2.12. The van der Waals surface area contributed by atoms with Crippen molar-refractivity contribution in [1.82, 2.24) is 19.8 Å². The molecule has 9 heteroatoms. The topological polar surface area (TPSA) is 60.0 Å². The molecule has 7 nitrogen and oxygen atoms in total. The van der Waals surface area contributed by atoms with Gasteiger partial charge < -0.3 is 18.6 Å². The zero-order valence-corrected chi connectivity index (χ0v) is 20.8. The van der Waals surface area contributed by atoms with Crippen LogP contribution in [-0.2, 0) is 0 Å². The Kier molecular flexibility index (Phi) is 8.14. The van der Waals surface area contributed by atoms with Gasteiger partial charge in [-0.05, 0) is 62.0 Å². The van der Waals surface area contributed by atoms with Crippen LogP contribution < -0.4 is 13.7 Å². The van der Waals surface area contributed by atoms with E-state index < -0.39 is 0 Å². The van der Waals surface area contributed by atoms with Gasteiger partial charge in [0.05, 0.1) is 29.9 Å². The molecule has 3 aromatic rings. The van der Waals surface area contributed by atoms with Crippen LogP contribution in [0.5, 0.6) is 17.2 Å². The van der Waals surface area contributed by atoms with E-state index in [0.29, 0.717) is 24.7 Å². The van der Waals surface area contributed by atoms with Crippen LogP contribution in [0, 0.1) is 0 Å². The standard InChI is InChI=1S/C24H29ClN4O3S/c1-4-30-21-8-5-17(15-22(21)32-33-3)23-19-16-18(6-7-20(19)26-24(25)27-23)31-14-13-29-11-9-28(2)10-12-29/h5-8,15-16H,4,9-14H2,1-3H3. The van der Waals surface area contributed by atoms with E-state index in [1.807, 2.05) is 49.6 Å². The molecule has 0 saturated carbocycles. The molecule has 2 aromatic carbocycles. The maximum Gasteiger partial charge on any atom is 0.223 e. The molecule has 0 spiro atoms. The second-order valence-corrected chi connectivity index (χ2v) is 8.70. The molecule has 1 aliphatic rings. The minimum atomic E-state index is 0.197. The fourth-order valence-corrected chi connectivity index (χ4v) is 4.32. The number of aromatic nitrogens is 2. The molecule has 0 atom stereocenters. The average Bonchev–Trinajstić information content (AvgIpc) is 2.81. The molecule has 0 amide bonds. The third-order valence-electron chi connectivity index (χ3n) is 5.60. The van der Waals surface area contributed by atoms with Gasteiger partial charge in [0.1, 0.15) is 12.4 Å². The maximum atomic E-state index is 6.25. The van der Waals surface area contributed by atoms with Crippen LogP contribution in [0.15, 0.2) is 36.4 Å². The van der Waals surface area contributed by atoms with Crippen molar-refractivity contribution in [3.8, 4) is 28.5 Å². The number of nitrogens with zero attached hydrogens (tertiary/aromatic N) is 4. The summed E-state index contributed by atoms with van der Waals surface area (Å²) in [6, 6.07) is 11.6. The zero-order chi connectivity index (χ0) is 23.2. The highest BCUT2D eigenvalue weighted by atomic mass is 35.5. The predicted octanol–water partition coefficient (Wildman–Crippen LogP) is 4.63. The highest BCUT2D eigenvalue weighted by molar-refractivity contribution is 7.94. The number of benzene rings is 2. The predicted molar refractivity (Wildman–Crippen MR) is 135 cm³/mol. The smallest absolute Gasteiger partial charge is 0.223 e. The van der Waals surface area contributed by atoms with Crippen LogP contribution in [-0.4, -0.2) is 79.0 Å². The fraction of sp³-hybridized carbons (Fsp3) is 0.417. The highest BCUT2D eigenvalue weighted by Crippen LogP contribution is 2.37. The van der Waals surface area contributed by atoms with Gasteiger partial charge in [-0.2, -0.15) is 0 Å². The van der Waals surface area contributed by atoms with Gasteiger partial charge in [0, 0.05) is 49.9 Å². The van der Waals surface area contributed by atoms with Gasteiger partial charge in [-0.1, -0.05) is 0 Å². The lowest BCUT2D eigenvalue weighted by Gasteiger charge is -2.32. The summed E-state index contributed by atoms with van der Waals surface area (Å²) in [4.78, 5) is 13.7. The number of hydrogen-bond donors (Lipinski definition) is 0. The normalized spacial score (nSPS) is 15.0. The Balaban J connectivity index is 1.58. The number of rotatable bonds is 9. The minimum absolute atomic E-state index is 0.197. The molecule has 33 heavy (non-hydrogen) atoms. The first-order chi connectivity index (χ1) is 16.1. The van der Waals surface area contributed by atoms with Crippen molar-refractivity contribution in [2.45, 2.75) is 6.92 Å². The summed E-state index contributed by atoms with van der Waals surface area (Å²) in [7, 11) is 2.16. The molecule has 1 saturated heterocycles. The molecule has 0 unspecified atom stereocenters. The van der Waals surface area contributed by atoms with E-state index in [0.717, 1.165) is 60.6 Å². The first-order valence-electron chi connectivity index (χ1n) is 11.1. The van der Waals surface area contributed by atoms with Gasteiger partial charge in [-0.3, -0.25) is 4.90 Å². The quantitative estimate of drug-likeness (QED) is 0.319. The van der Waals surface area contributed by atoms with Gasteiger partial charge in [-0.15, -0.1) is 0 Å². The van der Waals surface area contributed by atoms with Crippen LogP contribution in [0.2, 0.25) is 5.28 Å². The Morgan fingerprint density at radius 2 is 1.82 bits per heavy atom. The van der Waals surface area contributed by atoms with Crippen LogP contribution >= 0.6 is 23.6 Å². The Bertz CT molecular complexity index is 1090. The van der Waals surface area contributed by atoms with E-state index in [9.17, 15) is 0 Å². The number of likely N-dealkylation sites (N-methyl/N-ethyl adjacent to an activating group) is 1. The molecule has 1 aliphatic heterocycles. The monoisotopic (exact) mass is 488 g/mol. The first kappa shape index (κ1) is 23.9. The van der Waals surface area contributed by atoms with Crippen LogP contribution in [0.4, 0.5) is 0 Å². The summed E-state index contributed by atoms with van der Waals surface area (Å²) in [6.07, 6.45) is 1.87. The van der Waals surface area contributed by atoms with Crippen molar-refractivity contribution in [3.63, 3.8) is 0 Å². The SMILES string of the molecule is CCOc1ccc(-c2nc(Cl)nc3ccc(OCCN4CCN(C)CC4)cc23)cc1OSC. The Labute approximate surface area is 204 Å². The number of piperazine rings is 1. The summed E-state index contributed by atoms with van der Waals surface area (Å²) in [6.45, 7) is 8.39. The summed E-state index contributed by atoms with van der Waals surface area (Å²) in [5, 5.41) is 1.07. The Hall–Kier alpha value is -2.26. The molecule has 4 rings (SSSR count). The third kappa shape index (κ3) is 6.00. The second kappa shape index (κ2) is 11.2. The van der Waals surface area contributed by atoms with Gasteiger partial charge in [-0.25, -0.2) is 9.97 Å². The molecule has 0 N–H and O–H groups in total. The molecule has 176 valence electrons. The number of hydrogen-bond acceptors (Lipinski definition) is 8. The van der Waals surface area contributed by atoms with Crippen LogP contribution in [0.25, 0.3) is 22.2 Å². The van der Waals surface area contributed by atoms with Crippen LogP contribution in [0.3, 0.4) is 0 Å². The van der Waals surface area contributed by atoms with Crippen molar-refractivity contribution in [1.29, 1.82) is 0 Å². The molecule has 1 fully saturated rings. The lowest BCUT2D eigenvalue weighted by molar-refractivity contribution is 0.134. The molecular formula is C24H29ClN4O3S. The second-order valence-electron chi connectivity index (χ2n) is 7.86. The average molecular weight is 489 g/mol. The zero-order valence-electron chi connectivity index (χ0n) is 19.2. The van der Waals surface area contributed by atoms with E-state index in [1.165, 1.54) is 12.0 Å². The van der Waals surface area contributed by atoms with Gasteiger partial charge in [0.2, 0.25) is 5.28 Å². The molecule has 0 aliphatic carbocycles. The van der Waals surface area contributed by atoms with Crippen LogP contribution in [0.1, 0.15) is 6.92 Å². The number of ether oxygens (including phenoxy) is 2. The van der Waals surface area contributed by atoms with E-state index in [4.69, 9.17) is 25.3 Å². The molecular weight excluding hydrogens is 460 g/mol. The maximum absolute atomic E-state index is 6.25. The van der Waals surface area contributed by atoms with Gasteiger partial charge in [0.15, 0.2) is 11.5 Å². The van der Waals surface area contributed by atoms with E-state index in [2.05, 4.69) is 26.8 Å². The van der Waals surface area contributed by atoms with E-state index >= 15 is 0 Å². The summed E-state index contributed by atoms with van der Waals surface area (Å²) in [5.41, 5.74) is 2.35. The summed E-state index contributed by atoms with van der Waals surface area (Å²) >= 11 is 7.52. The van der Waals surface area contributed by atoms with Crippen molar-refractivity contribution in [3.05, 3.63) is 41.7 Å². The molecule has 0 radical (unpaired) electrons. The molecule has 2 heterocycles. The third-order valence-corrected chi connectivity index (χ3v) is 6.12. The van der Waals surface area contributed by atoms with Crippen molar-refractivity contribution < 1.29 is 13.7 Å². The van der Waals surface area contributed by atoms with E-state index in [-0.39, 0.29) is 5.28 Å². The van der Waals surface area contributed by atoms with Crippen molar-refractivity contribution >= 4 is 34.5 Å². The largest absolute Gasteiger partial charge is 0.492 e. The van der Waals surface area contributed by atoms with E-state index in [1.54, 1.807) is 0 Å². The minimum Gasteiger partial charge on any atom is -0.492 e. The lowest BCUT2D eigenvalue weighted by Crippen LogP contribution is -2.45. The van der Waals surface area contributed by atoms with Crippen molar-refractivity contribution in [2.75, 3.05) is 59.2 Å². The first-order valence-corrected chi connectivity index (χ1v) is 12.6. The fourth-order valence-electron chi connectivity index (χ4n) is 3.84. The summed E-state index contributed by atoms with van der Waals surface area (Å²) < 4.78 is 17.5. The number of halogens is 1. The Morgan fingerprint density at radius 3 is 2.58 bits per heavy atom. The lowest BCUT2D eigenvalue weighted by atomic mass is 10.1. The molecule has 1 aromatic heterocycles.